The lowest BCUT2D eigenvalue weighted by Crippen LogP contribution is -2.00. The summed E-state index contributed by atoms with van der Waals surface area (Å²) in [5.74, 6) is 0.692. The summed E-state index contributed by atoms with van der Waals surface area (Å²) in [6.07, 6.45) is 2.12. The van der Waals surface area contributed by atoms with Gasteiger partial charge in [-0.1, -0.05) is 23.9 Å². The zero-order chi connectivity index (χ0) is 13.7. The van der Waals surface area contributed by atoms with Crippen LogP contribution in [0.1, 0.15) is 25.8 Å². The molecule has 1 aromatic carbocycles. The lowest BCUT2D eigenvalue weighted by atomic mass is 10.3. The molecular weight excluding hydrogens is 268 g/mol. The maximum Gasteiger partial charge on any atom is 0.321 e. The van der Waals surface area contributed by atoms with Crippen molar-refractivity contribution >= 4 is 22.8 Å². The van der Waals surface area contributed by atoms with Gasteiger partial charge in [0.25, 0.3) is 0 Å². The molecular formula is C13H13F2N3S. The number of hydrogen-bond acceptors (Lipinski definition) is 3. The summed E-state index contributed by atoms with van der Waals surface area (Å²) < 4.78 is 27.1. The predicted molar refractivity (Wildman–Crippen MR) is 71.2 cm³/mol. The van der Waals surface area contributed by atoms with Crippen LogP contribution in [0.2, 0.25) is 0 Å². The molecule has 0 N–H and O–H groups in total. The summed E-state index contributed by atoms with van der Waals surface area (Å²) in [5.41, 5.74) is 1.04. The first-order valence-corrected chi connectivity index (χ1v) is 6.97. The molecule has 19 heavy (non-hydrogen) atoms. The van der Waals surface area contributed by atoms with E-state index in [4.69, 9.17) is 5.26 Å². The van der Waals surface area contributed by atoms with Crippen molar-refractivity contribution < 1.29 is 8.78 Å². The van der Waals surface area contributed by atoms with Crippen molar-refractivity contribution in [3.63, 3.8) is 0 Å². The van der Waals surface area contributed by atoms with Gasteiger partial charge in [0, 0.05) is 12.2 Å². The number of fused-ring (bicyclic) bond motifs is 1. The number of halogens is 2. The van der Waals surface area contributed by atoms with Gasteiger partial charge < -0.3 is 0 Å². The second-order valence-electron chi connectivity index (χ2n) is 3.99. The Balaban J connectivity index is 2.13. The lowest BCUT2D eigenvalue weighted by molar-refractivity contribution is 0.0656. The van der Waals surface area contributed by atoms with Crippen LogP contribution in [0.5, 0.6) is 0 Å². The van der Waals surface area contributed by atoms with Crippen molar-refractivity contribution in [1.82, 2.24) is 9.55 Å². The minimum Gasteiger partial charge on any atom is -0.261 e. The molecule has 0 spiro atoms. The van der Waals surface area contributed by atoms with Crippen LogP contribution >= 0.6 is 11.8 Å². The molecule has 0 bridgehead atoms. The third-order valence-electron chi connectivity index (χ3n) is 2.67. The van der Waals surface area contributed by atoms with Gasteiger partial charge in [-0.3, -0.25) is 4.57 Å². The van der Waals surface area contributed by atoms with Crippen molar-refractivity contribution in [2.45, 2.75) is 31.0 Å². The highest BCUT2D eigenvalue weighted by atomic mass is 32.2. The van der Waals surface area contributed by atoms with Gasteiger partial charge in [0.15, 0.2) is 5.16 Å². The van der Waals surface area contributed by atoms with Crippen LogP contribution in [0.25, 0.3) is 11.0 Å². The molecule has 2 aromatic rings. The average molecular weight is 281 g/mol. The third-order valence-corrected chi connectivity index (χ3v) is 3.71. The number of benzene rings is 1. The van der Waals surface area contributed by atoms with Crippen LogP contribution in [0.15, 0.2) is 29.4 Å². The Morgan fingerprint density at radius 2 is 2.11 bits per heavy atom. The maximum absolute atomic E-state index is 13.1. The minimum atomic E-state index is -2.59. The fourth-order valence-corrected chi connectivity index (χ4v) is 2.79. The molecule has 2 rings (SSSR count). The van der Waals surface area contributed by atoms with Crippen molar-refractivity contribution in [2.24, 2.45) is 0 Å². The molecule has 0 atom stereocenters. The van der Waals surface area contributed by atoms with Crippen LogP contribution in [0, 0.1) is 11.3 Å². The Hall–Kier alpha value is -1.61. The van der Waals surface area contributed by atoms with Gasteiger partial charge in [-0.05, 0) is 25.0 Å². The van der Waals surface area contributed by atoms with E-state index in [9.17, 15) is 8.78 Å². The summed E-state index contributed by atoms with van der Waals surface area (Å²) in [5, 5.41) is 8.76. The highest BCUT2D eigenvalue weighted by Gasteiger charge is 2.17. The number of para-hydroxylation sites is 2. The highest BCUT2D eigenvalue weighted by Crippen LogP contribution is 2.29. The van der Waals surface area contributed by atoms with E-state index in [1.54, 1.807) is 24.3 Å². The molecule has 0 radical (unpaired) electrons. The molecule has 0 aliphatic carbocycles. The monoisotopic (exact) mass is 281 g/mol. The topological polar surface area (TPSA) is 41.6 Å². The third kappa shape index (κ3) is 3.24. The quantitative estimate of drug-likeness (QED) is 0.588. The molecule has 1 heterocycles. The smallest absolute Gasteiger partial charge is 0.261 e. The number of nitriles is 1. The van der Waals surface area contributed by atoms with Crippen molar-refractivity contribution in [1.29, 1.82) is 5.26 Å². The van der Waals surface area contributed by atoms with Crippen LogP contribution in [-0.4, -0.2) is 15.3 Å². The zero-order valence-electron chi connectivity index (χ0n) is 10.2. The van der Waals surface area contributed by atoms with Gasteiger partial charge in [-0.15, -0.1) is 0 Å². The molecule has 0 saturated heterocycles. The average Bonchev–Trinajstić information content (AvgIpc) is 2.76. The molecule has 0 fully saturated rings. The summed E-state index contributed by atoms with van der Waals surface area (Å²) in [7, 11) is 0. The zero-order valence-corrected chi connectivity index (χ0v) is 11.0. The Bertz CT molecular complexity index is 589. The standard InChI is InChI=1S/C13H13F2N3S/c14-12(15)18-11-7-3-2-6-10(11)17-13(18)19-9-5-1-4-8-16/h2-3,6-7,12H,1,4-5,9H2. The van der Waals surface area contributed by atoms with E-state index >= 15 is 0 Å². The molecule has 0 aliphatic rings. The normalized spacial score (nSPS) is 11.1. The molecule has 0 saturated carbocycles. The van der Waals surface area contributed by atoms with E-state index in [0.717, 1.165) is 17.4 Å². The SMILES string of the molecule is N#CCCCCSc1nc2ccccc2n1C(F)F. The molecule has 3 nitrogen and oxygen atoms in total. The summed E-state index contributed by atoms with van der Waals surface area (Å²) in [6.45, 7) is -2.59. The fourth-order valence-electron chi connectivity index (χ4n) is 1.78. The largest absolute Gasteiger partial charge is 0.321 e. The van der Waals surface area contributed by atoms with Gasteiger partial charge in [-0.25, -0.2) is 4.98 Å². The van der Waals surface area contributed by atoms with Gasteiger partial charge in [0.2, 0.25) is 0 Å². The van der Waals surface area contributed by atoms with E-state index in [1.165, 1.54) is 11.8 Å². The second-order valence-corrected chi connectivity index (χ2v) is 5.06. The van der Waals surface area contributed by atoms with E-state index in [2.05, 4.69) is 11.1 Å². The van der Waals surface area contributed by atoms with Crippen molar-refractivity contribution in [3.05, 3.63) is 24.3 Å². The number of alkyl halides is 2. The fraction of sp³-hybridized carbons (Fsp3) is 0.385. The molecule has 0 aliphatic heterocycles. The molecule has 0 unspecified atom stereocenters. The Morgan fingerprint density at radius 3 is 2.84 bits per heavy atom. The number of unbranched alkanes of at least 4 members (excludes halogenated alkanes) is 2. The van der Waals surface area contributed by atoms with E-state index < -0.39 is 6.55 Å². The van der Waals surface area contributed by atoms with Crippen LogP contribution in [-0.2, 0) is 0 Å². The van der Waals surface area contributed by atoms with Crippen LogP contribution in [0.3, 0.4) is 0 Å². The predicted octanol–water partition coefficient (Wildman–Crippen LogP) is 4.22. The summed E-state index contributed by atoms with van der Waals surface area (Å²) >= 11 is 1.31. The first kappa shape index (κ1) is 13.8. The number of rotatable bonds is 6. The molecule has 0 amide bonds. The van der Waals surface area contributed by atoms with Crippen molar-refractivity contribution in [3.8, 4) is 6.07 Å². The van der Waals surface area contributed by atoms with Gasteiger partial charge in [0.1, 0.15) is 0 Å². The number of aromatic nitrogens is 2. The van der Waals surface area contributed by atoms with Gasteiger partial charge >= 0.3 is 6.55 Å². The van der Waals surface area contributed by atoms with Gasteiger partial charge in [-0.2, -0.15) is 14.0 Å². The number of thioether (sulfide) groups is 1. The summed E-state index contributed by atoms with van der Waals surface area (Å²) in [4.78, 5) is 4.23. The highest BCUT2D eigenvalue weighted by molar-refractivity contribution is 7.99. The molecule has 100 valence electrons. The van der Waals surface area contributed by atoms with Crippen LogP contribution < -0.4 is 0 Å². The first-order valence-electron chi connectivity index (χ1n) is 5.99. The Morgan fingerprint density at radius 1 is 1.32 bits per heavy atom. The second kappa shape index (κ2) is 6.53. The van der Waals surface area contributed by atoms with E-state index in [0.29, 0.717) is 28.4 Å². The Kier molecular flexibility index (Phi) is 4.74. The minimum absolute atomic E-state index is 0.341. The summed E-state index contributed by atoms with van der Waals surface area (Å²) in [6, 6.07) is 8.96. The lowest BCUT2D eigenvalue weighted by Gasteiger charge is -2.06. The number of hydrogen-bond donors (Lipinski definition) is 0. The van der Waals surface area contributed by atoms with Crippen LogP contribution in [0.4, 0.5) is 8.78 Å². The van der Waals surface area contributed by atoms with E-state index in [1.807, 2.05) is 0 Å². The van der Waals surface area contributed by atoms with Gasteiger partial charge in [0.05, 0.1) is 17.1 Å². The van der Waals surface area contributed by atoms with E-state index in [-0.39, 0.29) is 0 Å². The maximum atomic E-state index is 13.1. The molecule has 1 aromatic heterocycles. The van der Waals surface area contributed by atoms with Crippen molar-refractivity contribution in [2.75, 3.05) is 5.75 Å². The number of imidazole rings is 1. The molecule has 6 heteroatoms. The Labute approximate surface area is 114 Å². The first-order chi connectivity index (χ1) is 9.24. The number of nitrogens with zero attached hydrogens (tertiary/aromatic N) is 3.